The predicted molar refractivity (Wildman–Crippen MR) is 123 cm³/mol. The number of nitrogens with zero attached hydrogens (tertiary/aromatic N) is 3. The maximum atomic E-state index is 13.9. The van der Waals surface area contributed by atoms with Crippen molar-refractivity contribution >= 4 is 29.0 Å². The van der Waals surface area contributed by atoms with Gasteiger partial charge in [0.1, 0.15) is 16.5 Å². The summed E-state index contributed by atoms with van der Waals surface area (Å²) in [6.45, 7) is 5.23. The van der Waals surface area contributed by atoms with Crippen LogP contribution < -0.4 is 5.32 Å². The number of halogens is 1. The van der Waals surface area contributed by atoms with Crippen LogP contribution in [0.4, 0.5) is 14.9 Å². The largest absolute Gasteiger partial charge is 0.333 e. The summed E-state index contributed by atoms with van der Waals surface area (Å²) in [5, 5.41) is 5.01. The fourth-order valence-electron chi connectivity index (χ4n) is 3.70. The molecule has 2 heterocycles. The molecule has 166 valence electrons. The van der Waals surface area contributed by atoms with E-state index >= 15 is 0 Å². The van der Waals surface area contributed by atoms with E-state index in [0.717, 1.165) is 6.42 Å². The molecule has 0 fully saturated rings. The lowest BCUT2D eigenvalue weighted by Gasteiger charge is -2.28. The van der Waals surface area contributed by atoms with Crippen LogP contribution in [0, 0.1) is 5.82 Å². The topological polar surface area (TPSA) is 65.5 Å². The Morgan fingerprint density at radius 2 is 1.88 bits per heavy atom. The number of anilines is 1. The van der Waals surface area contributed by atoms with Gasteiger partial charge in [-0.05, 0) is 43.5 Å². The van der Waals surface area contributed by atoms with E-state index in [-0.39, 0.29) is 24.2 Å². The summed E-state index contributed by atoms with van der Waals surface area (Å²) < 4.78 is 13.9. The maximum absolute atomic E-state index is 13.9. The van der Waals surface area contributed by atoms with Gasteiger partial charge in [0.05, 0.1) is 12.2 Å². The molecule has 1 N–H and O–H groups in total. The highest BCUT2D eigenvalue weighted by Crippen LogP contribution is 2.22. The van der Waals surface area contributed by atoms with Crippen molar-refractivity contribution in [3.8, 4) is 0 Å². The summed E-state index contributed by atoms with van der Waals surface area (Å²) in [4.78, 5) is 33.6. The third kappa shape index (κ3) is 4.80. The van der Waals surface area contributed by atoms with Crippen molar-refractivity contribution in [2.24, 2.45) is 0 Å². The highest BCUT2D eigenvalue weighted by Gasteiger charge is 2.25. The minimum atomic E-state index is -0.491. The summed E-state index contributed by atoms with van der Waals surface area (Å²) >= 11 is 1.35. The van der Waals surface area contributed by atoms with Crippen molar-refractivity contribution in [2.75, 3.05) is 11.9 Å². The molecule has 6 nitrogen and oxygen atoms in total. The number of aromatic nitrogens is 1. The van der Waals surface area contributed by atoms with Crippen molar-refractivity contribution in [3.05, 3.63) is 81.6 Å². The van der Waals surface area contributed by atoms with E-state index in [2.05, 4.69) is 22.4 Å². The minimum absolute atomic E-state index is 0.103. The molecule has 1 aromatic heterocycles. The Kier molecular flexibility index (Phi) is 6.50. The first kappa shape index (κ1) is 22.0. The normalized spacial score (nSPS) is 13.1. The van der Waals surface area contributed by atoms with Crippen LogP contribution in [0.5, 0.6) is 0 Å². The van der Waals surface area contributed by atoms with E-state index in [1.807, 2.05) is 30.9 Å². The molecule has 3 aromatic rings. The van der Waals surface area contributed by atoms with E-state index in [4.69, 9.17) is 0 Å². The number of carbonyl (C=O) groups is 2. The Morgan fingerprint density at radius 3 is 2.62 bits per heavy atom. The molecule has 1 aliphatic rings. The summed E-state index contributed by atoms with van der Waals surface area (Å²) in [5.74, 6) is -0.594. The quantitative estimate of drug-likeness (QED) is 0.597. The number of amides is 3. The second-order valence-electron chi connectivity index (χ2n) is 8.00. The summed E-state index contributed by atoms with van der Waals surface area (Å²) in [6.07, 6.45) is 0.830. The van der Waals surface area contributed by atoms with Crippen molar-refractivity contribution in [1.29, 1.82) is 0 Å². The molecule has 0 atom stereocenters. The zero-order valence-corrected chi connectivity index (χ0v) is 18.9. The van der Waals surface area contributed by atoms with Crippen LogP contribution in [-0.4, -0.2) is 39.3 Å². The van der Waals surface area contributed by atoms with Gasteiger partial charge in [0.25, 0.3) is 5.91 Å². The van der Waals surface area contributed by atoms with Crippen molar-refractivity contribution in [1.82, 2.24) is 14.8 Å². The number of hydrogen-bond donors (Lipinski definition) is 1. The molecular formula is C24H25FN4O2S. The Hall–Kier alpha value is -3.26. The van der Waals surface area contributed by atoms with Gasteiger partial charge < -0.3 is 15.1 Å². The van der Waals surface area contributed by atoms with E-state index in [1.165, 1.54) is 34.6 Å². The number of rotatable bonds is 5. The molecule has 0 aliphatic carbocycles. The fraction of sp³-hybridized carbons (Fsp3) is 0.292. The molecule has 0 saturated carbocycles. The Labute approximate surface area is 190 Å². The second kappa shape index (κ2) is 9.48. The van der Waals surface area contributed by atoms with Crippen molar-refractivity contribution < 1.29 is 14.0 Å². The molecule has 0 saturated heterocycles. The van der Waals surface area contributed by atoms with Gasteiger partial charge in [-0.2, -0.15) is 0 Å². The minimum Gasteiger partial charge on any atom is -0.333 e. The van der Waals surface area contributed by atoms with E-state index < -0.39 is 11.8 Å². The summed E-state index contributed by atoms with van der Waals surface area (Å²) in [6, 6.07) is 13.7. The molecule has 32 heavy (non-hydrogen) atoms. The van der Waals surface area contributed by atoms with Crippen molar-refractivity contribution in [2.45, 2.75) is 39.4 Å². The van der Waals surface area contributed by atoms with Gasteiger partial charge in [-0.25, -0.2) is 14.2 Å². The first-order chi connectivity index (χ1) is 15.4. The lowest BCUT2D eigenvalue weighted by molar-refractivity contribution is 0.0729. The zero-order chi connectivity index (χ0) is 22.7. The van der Waals surface area contributed by atoms with Crippen LogP contribution in [-0.2, 0) is 19.5 Å². The molecule has 0 spiro atoms. The molecule has 4 rings (SSSR count). The molecule has 3 amide bonds. The van der Waals surface area contributed by atoms with Crippen LogP contribution in [0.2, 0.25) is 0 Å². The standard InChI is InChI=1S/C24H25FN4O2S/c1-16(2)29(24(31)27-20-10-6-5-9-19(20)25)14-22-26-21(15-32-22)23(30)28-12-11-17-7-3-4-8-18(17)13-28/h3-10,15-16H,11-14H2,1-2H3,(H,27,31). The molecule has 2 aromatic carbocycles. The zero-order valence-electron chi connectivity index (χ0n) is 18.0. The number of benzene rings is 2. The Bertz CT molecular complexity index is 1130. The predicted octanol–water partition coefficient (Wildman–Crippen LogP) is 4.92. The molecule has 0 bridgehead atoms. The molecule has 0 radical (unpaired) electrons. The van der Waals surface area contributed by atoms with Gasteiger partial charge in [0.15, 0.2) is 0 Å². The molecule has 1 aliphatic heterocycles. The summed E-state index contributed by atoms with van der Waals surface area (Å²) in [5.41, 5.74) is 2.97. The van der Waals surface area contributed by atoms with Gasteiger partial charge in [-0.1, -0.05) is 36.4 Å². The number of para-hydroxylation sites is 1. The first-order valence-corrected chi connectivity index (χ1v) is 11.4. The monoisotopic (exact) mass is 452 g/mol. The fourth-order valence-corrected chi connectivity index (χ4v) is 4.46. The Balaban J connectivity index is 1.43. The van der Waals surface area contributed by atoms with E-state index in [1.54, 1.807) is 22.4 Å². The first-order valence-electron chi connectivity index (χ1n) is 10.5. The smallest absolute Gasteiger partial charge is 0.322 e. The van der Waals surface area contributed by atoms with Gasteiger partial charge in [-0.3, -0.25) is 4.79 Å². The number of carbonyl (C=O) groups excluding carboxylic acids is 2. The number of hydrogen-bond acceptors (Lipinski definition) is 4. The Morgan fingerprint density at radius 1 is 1.16 bits per heavy atom. The lowest BCUT2D eigenvalue weighted by Crippen LogP contribution is -2.39. The lowest BCUT2D eigenvalue weighted by atomic mass is 10.00. The number of thiazole rings is 1. The van der Waals surface area contributed by atoms with E-state index in [0.29, 0.717) is 23.8 Å². The van der Waals surface area contributed by atoms with Crippen LogP contribution in [0.15, 0.2) is 53.9 Å². The van der Waals surface area contributed by atoms with Gasteiger partial charge in [-0.15, -0.1) is 11.3 Å². The highest BCUT2D eigenvalue weighted by atomic mass is 32.1. The van der Waals surface area contributed by atoms with Crippen molar-refractivity contribution in [3.63, 3.8) is 0 Å². The van der Waals surface area contributed by atoms with Crippen LogP contribution in [0.1, 0.15) is 40.5 Å². The maximum Gasteiger partial charge on any atom is 0.322 e. The molecular weight excluding hydrogens is 427 g/mol. The SMILES string of the molecule is CC(C)N(Cc1nc(C(=O)N2CCc3ccccc3C2)cs1)C(=O)Nc1ccccc1F. The van der Waals surface area contributed by atoms with Crippen LogP contribution >= 0.6 is 11.3 Å². The average Bonchev–Trinajstić information content (AvgIpc) is 3.26. The molecule has 0 unspecified atom stereocenters. The highest BCUT2D eigenvalue weighted by molar-refractivity contribution is 7.09. The number of urea groups is 1. The van der Waals surface area contributed by atoms with Gasteiger partial charge in [0.2, 0.25) is 0 Å². The van der Waals surface area contributed by atoms with Gasteiger partial charge >= 0.3 is 6.03 Å². The average molecular weight is 453 g/mol. The van der Waals surface area contributed by atoms with E-state index in [9.17, 15) is 14.0 Å². The van der Waals surface area contributed by atoms with Crippen LogP contribution in [0.25, 0.3) is 0 Å². The third-order valence-corrected chi connectivity index (χ3v) is 6.33. The van der Waals surface area contributed by atoms with Gasteiger partial charge in [0, 0.05) is 24.5 Å². The number of fused-ring (bicyclic) bond motifs is 1. The summed E-state index contributed by atoms with van der Waals surface area (Å²) in [7, 11) is 0. The second-order valence-corrected chi connectivity index (χ2v) is 8.95. The van der Waals surface area contributed by atoms with Crippen LogP contribution in [0.3, 0.4) is 0 Å². The third-order valence-electron chi connectivity index (χ3n) is 5.49. The molecule has 8 heteroatoms. The number of nitrogens with one attached hydrogen (secondary N) is 1.